The third-order valence-electron chi connectivity index (χ3n) is 3.71. The molecule has 0 unspecified atom stereocenters. The standard InChI is InChI=1S/C18H28N4OS2/c1-2-3-4-14(13-17(19)20)18(21)24-15-5-7-16(8-6-15)25-22-9-11-23-12-10-22/h5-8,13H,2-4,9-12,19-21H2,1H3/b18-14+. The van der Waals surface area contributed by atoms with Gasteiger partial charge in [0.1, 0.15) is 0 Å². The molecule has 1 aromatic rings. The summed E-state index contributed by atoms with van der Waals surface area (Å²) in [6.07, 6.45) is 4.83. The number of thioether (sulfide) groups is 1. The van der Waals surface area contributed by atoms with E-state index < -0.39 is 0 Å². The molecule has 0 amide bonds. The first-order chi connectivity index (χ1) is 12.1. The lowest BCUT2D eigenvalue weighted by Gasteiger charge is -2.25. The number of morpholine rings is 1. The van der Waals surface area contributed by atoms with Gasteiger partial charge >= 0.3 is 0 Å². The summed E-state index contributed by atoms with van der Waals surface area (Å²) >= 11 is 3.33. The summed E-state index contributed by atoms with van der Waals surface area (Å²) in [5, 5.41) is 0.760. The second kappa shape index (κ2) is 10.7. The summed E-state index contributed by atoms with van der Waals surface area (Å²) in [7, 11) is 0. The van der Waals surface area contributed by atoms with E-state index in [0.29, 0.717) is 5.82 Å². The quantitative estimate of drug-likeness (QED) is 0.362. The summed E-state index contributed by atoms with van der Waals surface area (Å²) in [5.74, 6) is 0.298. The number of benzene rings is 1. The minimum Gasteiger partial charge on any atom is -0.393 e. The Morgan fingerprint density at radius 2 is 1.76 bits per heavy atom. The zero-order valence-corrected chi connectivity index (χ0v) is 16.4. The largest absolute Gasteiger partial charge is 0.393 e. The molecule has 1 heterocycles. The van der Waals surface area contributed by atoms with Gasteiger partial charge in [-0.25, -0.2) is 4.31 Å². The molecule has 0 aliphatic carbocycles. The van der Waals surface area contributed by atoms with Crippen molar-refractivity contribution in [3.63, 3.8) is 0 Å². The van der Waals surface area contributed by atoms with Crippen LogP contribution in [-0.2, 0) is 4.74 Å². The molecule has 0 bridgehead atoms. The molecule has 1 saturated heterocycles. The van der Waals surface area contributed by atoms with Crippen LogP contribution in [0.3, 0.4) is 0 Å². The average molecular weight is 381 g/mol. The molecule has 2 rings (SSSR count). The van der Waals surface area contributed by atoms with Crippen molar-refractivity contribution in [2.24, 2.45) is 17.2 Å². The molecule has 0 radical (unpaired) electrons. The number of rotatable bonds is 8. The van der Waals surface area contributed by atoms with E-state index in [2.05, 4.69) is 35.5 Å². The van der Waals surface area contributed by atoms with Crippen LogP contribution in [0.5, 0.6) is 0 Å². The molecule has 0 spiro atoms. The molecule has 1 aromatic carbocycles. The van der Waals surface area contributed by atoms with E-state index in [0.717, 1.165) is 61.1 Å². The third kappa shape index (κ3) is 7.23. The van der Waals surface area contributed by atoms with E-state index in [4.69, 9.17) is 21.9 Å². The van der Waals surface area contributed by atoms with E-state index in [1.807, 2.05) is 0 Å². The Hall–Kier alpha value is -1.28. The maximum atomic E-state index is 6.29. The third-order valence-corrected chi connectivity index (χ3v) is 5.81. The van der Waals surface area contributed by atoms with Gasteiger partial charge in [-0.05, 0) is 60.7 Å². The fraction of sp³-hybridized carbons (Fsp3) is 0.444. The normalized spacial score (nSPS) is 16.4. The number of hydrogen-bond donors (Lipinski definition) is 3. The fourth-order valence-corrected chi connectivity index (χ4v) is 4.09. The highest BCUT2D eigenvalue weighted by atomic mass is 32.2. The fourth-order valence-electron chi connectivity index (χ4n) is 2.38. The minimum atomic E-state index is 0.298. The number of nitrogens with two attached hydrogens (primary N) is 3. The zero-order chi connectivity index (χ0) is 18.1. The van der Waals surface area contributed by atoms with Gasteiger partial charge in [0, 0.05) is 22.9 Å². The zero-order valence-electron chi connectivity index (χ0n) is 14.7. The summed E-state index contributed by atoms with van der Waals surface area (Å²) < 4.78 is 7.71. The van der Waals surface area contributed by atoms with Crippen molar-refractivity contribution in [3.8, 4) is 0 Å². The van der Waals surface area contributed by atoms with E-state index >= 15 is 0 Å². The summed E-state index contributed by atoms with van der Waals surface area (Å²) in [6, 6.07) is 8.48. The minimum absolute atomic E-state index is 0.298. The van der Waals surface area contributed by atoms with Crippen LogP contribution in [0.1, 0.15) is 26.2 Å². The summed E-state index contributed by atoms with van der Waals surface area (Å²) in [6.45, 7) is 5.69. The van der Waals surface area contributed by atoms with Crippen LogP contribution in [-0.4, -0.2) is 30.6 Å². The van der Waals surface area contributed by atoms with Crippen LogP contribution in [0.4, 0.5) is 0 Å². The first-order valence-corrected chi connectivity index (χ1v) is 10.2. The van der Waals surface area contributed by atoms with E-state index in [1.165, 1.54) is 4.90 Å². The predicted octanol–water partition coefficient (Wildman–Crippen LogP) is 3.24. The van der Waals surface area contributed by atoms with Crippen LogP contribution in [0.15, 0.2) is 56.6 Å². The van der Waals surface area contributed by atoms with Crippen molar-refractivity contribution in [2.75, 3.05) is 26.3 Å². The topological polar surface area (TPSA) is 90.5 Å². The van der Waals surface area contributed by atoms with Gasteiger partial charge in [0.2, 0.25) is 0 Å². The van der Waals surface area contributed by atoms with Crippen molar-refractivity contribution in [2.45, 2.75) is 36.0 Å². The van der Waals surface area contributed by atoms with Gasteiger partial charge in [0.25, 0.3) is 0 Å². The van der Waals surface area contributed by atoms with Crippen LogP contribution in [0.25, 0.3) is 0 Å². The van der Waals surface area contributed by atoms with Crippen LogP contribution >= 0.6 is 23.7 Å². The Kier molecular flexibility index (Phi) is 8.54. The molecule has 138 valence electrons. The number of allylic oxidation sites excluding steroid dienone is 2. The van der Waals surface area contributed by atoms with Crippen molar-refractivity contribution in [1.82, 2.24) is 4.31 Å². The molecule has 7 heteroatoms. The van der Waals surface area contributed by atoms with Crippen molar-refractivity contribution >= 4 is 23.7 Å². The maximum absolute atomic E-state index is 6.29. The number of unbranched alkanes of at least 4 members (excludes halogenated alkanes) is 1. The monoisotopic (exact) mass is 380 g/mol. The molecule has 5 nitrogen and oxygen atoms in total. The Morgan fingerprint density at radius 3 is 2.36 bits per heavy atom. The van der Waals surface area contributed by atoms with Crippen LogP contribution in [0.2, 0.25) is 0 Å². The lowest BCUT2D eigenvalue weighted by Crippen LogP contribution is -2.30. The first-order valence-electron chi connectivity index (χ1n) is 8.58. The second-order valence-electron chi connectivity index (χ2n) is 5.84. The predicted molar refractivity (Wildman–Crippen MR) is 108 cm³/mol. The van der Waals surface area contributed by atoms with Gasteiger partial charge in [-0.3, -0.25) is 0 Å². The van der Waals surface area contributed by atoms with Crippen molar-refractivity contribution in [3.05, 3.63) is 46.8 Å². The van der Waals surface area contributed by atoms with Crippen molar-refractivity contribution in [1.29, 1.82) is 0 Å². The molecular formula is C18H28N4OS2. The molecule has 1 aliphatic rings. The Balaban J connectivity index is 2.00. The molecular weight excluding hydrogens is 352 g/mol. The second-order valence-corrected chi connectivity index (χ2v) is 8.13. The molecule has 1 fully saturated rings. The van der Waals surface area contributed by atoms with Gasteiger partial charge in [0.15, 0.2) is 0 Å². The maximum Gasteiger partial charge on any atom is 0.0937 e. The SMILES string of the molecule is CCCC/C(C=C(N)N)=C(/N)Sc1ccc(SN2CCOCC2)cc1. The van der Waals surface area contributed by atoms with Gasteiger partial charge < -0.3 is 21.9 Å². The van der Waals surface area contributed by atoms with Gasteiger partial charge in [-0.2, -0.15) is 0 Å². The summed E-state index contributed by atoms with van der Waals surface area (Å²) in [4.78, 5) is 2.34. The van der Waals surface area contributed by atoms with Gasteiger partial charge in [-0.1, -0.05) is 25.1 Å². The van der Waals surface area contributed by atoms with Crippen molar-refractivity contribution < 1.29 is 4.74 Å². The molecule has 6 N–H and O–H groups in total. The smallest absolute Gasteiger partial charge is 0.0937 e. The number of hydrogen-bond acceptors (Lipinski definition) is 7. The average Bonchev–Trinajstić information content (AvgIpc) is 2.61. The lowest BCUT2D eigenvalue weighted by molar-refractivity contribution is 0.0773. The number of ether oxygens (including phenoxy) is 1. The Labute approximate surface area is 159 Å². The highest BCUT2D eigenvalue weighted by Crippen LogP contribution is 2.30. The van der Waals surface area contributed by atoms with Gasteiger partial charge in [0.05, 0.1) is 24.1 Å². The highest BCUT2D eigenvalue weighted by molar-refractivity contribution is 8.03. The molecule has 25 heavy (non-hydrogen) atoms. The Morgan fingerprint density at radius 1 is 1.12 bits per heavy atom. The molecule has 0 aromatic heterocycles. The van der Waals surface area contributed by atoms with Gasteiger partial charge in [-0.15, -0.1) is 0 Å². The first kappa shape index (κ1) is 20.0. The van der Waals surface area contributed by atoms with E-state index in [9.17, 15) is 0 Å². The number of nitrogens with zero attached hydrogens (tertiary/aromatic N) is 1. The lowest BCUT2D eigenvalue weighted by atomic mass is 10.1. The molecule has 0 atom stereocenters. The summed E-state index contributed by atoms with van der Waals surface area (Å²) in [5.41, 5.74) is 18.6. The molecule has 0 saturated carbocycles. The van der Waals surface area contributed by atoms with Crippen LogP contribution in [0, 0.1) is 0 Å². The van der Waals surface area contributed by atoms with Crippen LogP contribution < -0.4 is 17.2 Å². The Bertz CT molecular complexity index is 592. The van der Waals surface area contributed by atoms with E-state index in [1.54, 1.807) is 29.8 Å². The highest BCUT2D eigenvalue weighted by Gasteiger charge is 2.12. The molecule has 1 aliphatic heterocycles. The van der Waals surface area contributed by atoms with E-state index in [-0.39, 0.29) is 0 Å².